The van der Waals surface area contributed by atoms with Gasteiger partial charge >= 0.3 is 5.69 Å². The van der Waals surface area contributed by atoms with Crippen LogP contribution in [0, 0.1) is 66.5 Å². The Kier molecular flexibility index (Phi) is 19.5. The van der Waals surface area contributed by atoms with Crippen LogP contribution in [0.25, 0.3) is 44.8 Å². The van der Waals surface area contributed by atoms with Gasteiger partial charge in [-0.15, -0.1) is 0 Å². The number of halogens is 1. The first-order valence-electron chi connectivity index (χ1n) is 21.5. The summed E-state index contributed by atoms with van der Waals surface area (Å²) in [6, 6.07) is 34.7. The van der Waals surface area contributed by atoms with Crippen molar-refractivity contribution in [1.29, 1.82) is 0 Å². The van der Waals surface area contributed by atoms with Crippen molar-refractivity contribution in [1.82, 2.24) is 24.7 Å². The Balaban J connectivity index is 0.000000194. The molecule has 8 N–H and O–H groups in total. The average Bonchev–Trinajstić information content (AvgIpc) is 3.97. The van der Waals surface area contributed by atoms with E-state index in [1.54, 1.807) is 79.2 Å². The number of fused-ring (bicyclic) bond motifs is 2. The van der Waals surface area contributed by atoms with Gasteiger partial charge in [0.1, 0.15) is 16.7 Å². The fourth-order valence-corrected chi connectivity index (χ4v) is 6.77. The molecule has 0 aliphatic rings. The van der Waals surface area contributed by atoms with Gasteiger partial charge in [-0.1, -0.05) is 36.4 Å². The Morgan fingerprint density at radius 2 is 0.872 bits per heavy atom. The van der Waals surface area contributed by atoms with Crippen molar-refractivity contribution >= 4 is 79.7 Å². The molecule has 2 heterocycles. The van der Waals surface area contributed by atoms with Gasteiger partial charge in [0, 0.05) is 105 Å². The average molecular weight is 1140 g/mol. The summed E-state index contributed by atoms with van der Waals surface area (Å²) < 4.78 is 14.3. The van der Waals surface area contributed by atoms with Crippen LogP contribution in [0.1, 0.15) is 11.1 Å². The maximum atomic E-state index is 12.6. The first-order chi connectivity index (χ1) is 36.6. The third-order valence-corrected chi connectivity index (χ3v) is 10.6. The maximum absolute atomic E-state index is 12.6. The Bertz CT molecular complexity index is 3720. The number of hydrogen-bond donors (Lipinski definition) is 6. The number of anilines is 3. The molecule has 0 fully saturated rings. The van der Waals surface area contributed by atoms with Crippen LogP contribution in [0.3, 0.4) is 0 Å². The molecule has 0 unspecified atom stereocenters. The van der Waals surface area contributed by atoms with Crippen LogP contribution in [0.5, 0.6) is 0 Å². The van der Waals surface area contributed by atoms with Crippen LogP contribution in [-0.2, 0) is 50.6 Å². The van der Waals surface area contributed by atoms with E-state index < -0.39 is 46.7 Å². The van der Waals surface area contributed by atoms with Crippen LogP contribution < -0.4 is 22.1 Å². The fraction of sp³-hybridized carbons (Fsp3) is 0.0426. The molecule has 0 atom stereocenters. The van der Waals surface area contributed by atoms with Crippen molar-refractivity contribution in [3.8, 4) is 22.8 Å². The van der Waals surface area contributed by atoms with Crippen molar-refractivity contribution in [2.24, 2.45) is 0 Å². The molecule has 9 rings (SSSR count). The van der Waals surface area contributed by atoms with Crippen LogP contribution in [0.2, 0.25) is 0 Å². The van der Waals surface area contributed by atoms with Gasteiger partial charge in [-0.05, 0) is 71.8 Å². The van der Waals surface area contributed by atoms with E-state index in [2.05, 4.69) is 20.6 Å². The Morgan fingerprint density at radius 3 is 1.31 bits per heavy atom. The predicted octanol–water partition coefficient (Wildman–Crippen LogP) is 8.77. The van der Waals surface area contributed by atoms with Gasteiger partial charge in [-0.25, -0.2) is 9.97 Å². The number of hydrogen-bond acceptors (Lipinski definition) is 20. The molecular formula is C47H36FN14O15Y-. The molecule has 0 spiro atoms. The number of nitrogen functional groups attached to an aromatic ring is 2. The van der Waals surface area contributed by atoms with Crippen molar-refractivity contribution in [3.05, 3.63) is 223 Å². The van der Waals surface area contributed by atoms with E-state index in [-0.39, 0.29) is 78.0 Å². The SMILES string of the molecule is Nc1ccc(-c2nc3ccc([N+](=O)[O-])cc3n2O)cc1.Nc1ccc(CNc2ccc([N+](=O)[O-])cc2[N+](=O)[O-])cc1.O=[C-]NCc1ccc(-c2nc3ccc([N+](=O)[O-])cc3n2O)cc1.O=[N+]([O-])c1ccc(F)c([N+](=O)[O-])c1.[Y]. The second-order valence-electron chi connectivity index (χ2n) is 15.6. The van der Waals surface area contributed by atoms with Gasteiger partial charge in [0.25, 0.3) is 28.4 Å². The largest absolute Gasteiger partial charge is 0.526 e. The molecule has 78 heavy (non-hydrogen) atoms. The monoisotopic (exact) mass is 1140 g/mol. The normalized spacial score (nSPS) is 10.2. The molecule has 29 nitrogen and oxygen atoms in total. The molecule has 0 aliphatic carbocycles. The quantitative estimate of drug-likeness (QED) is 0.0148. The van der Waals surface area contributed by atoms with Gasteiger partial charge in [0.15, 0.2) is 11.6 Å². The molecule has 1 radical (unpaired) electrons. The van der Waals surface area contributed by atoms with E-state index >= 15 is 0 Å². The number of benzene rings is 7. The molecule has 0 bridgehead atoms. The fourth-order valence-electron chi connectivity index (χ4n) is 6.77. The van der Waals surface area contributed by atoms with Crippen molar-refractivity contribution < 1.29 is 81.8 Å². The van der Waals surface area contributed by atoms with Gasteiger partial charge < -0.3 is 37.3 Å². The van der Waals surface area contributed by atoms with Gasteiger partial charge in [0.05, 0.1) is 52.7 Å². The maximum Gasteiger partial charge on any atom is 0.311 e. The zero-order valence-electron chi connectivity index (χ0n) is 39.6. The number of nitro benzene ring substituents is 6. The summed E-state index contributed by atoms with van der Waals surface area (Å²) in [6.45, 7) is 0.699. The molecular weight excluding hydrogens is 1110 g/mol. The summed E-state index contributed by atoms with van der Waals surface area (Å²) in [5.74, 6) is -0.502. The Morgan fingerprint density at radius 1 is 0.500 bits per heavy atom. The molecule has 9 aromatic rings. The number of carbonyl (C=O) groups excluding carboxylic acids is 1. The third kappa shape index (κ3) is 14.6. The zero-order chi connectivity index (χ0) is 56.1. The summed E-state index contributed by atoms with van der Waals surface area (Å²) >= 11 is 0. The minimum atomic E-state index is -1.09. The van der Waals surface area contributed by atoms with Crippen molar-refractivity contribution in [2.45, 2.75) is 13.1 Å². The Hall–Kier alpha value is -10.6. The van der Waals surface area contributed by atoms with E-state index in [0.29, 0.717) is 64.6 Å². The van der Waals surface area contributed by atoms with Crippen LogP contribution >= 0.6 is 0 Å². The van der Waals surface area contributed by atoms with Gasteiger partial charge in [0.2, 0.25) is 5.82 Å². The molecule has 31 heteroatoms. The number of nitrogens with two attached hydrogens (primary N) is 2. The van der Waals surface area contributed by atoms with E-state index in [0.717, 1.165) is 32.7 Å². The molecule has 0 saturated heterocycles. The van der Waals surface area contributed by atoms with Gasteiger partial charge in [-0.2, -0.15) is 20.3 Å². The second-order valence-corrected chi connectivity index (χ2v) is 15.6. The molecule has 1 amide bonds. The van der Waals surface area contributed by atoms with Crippen LogP contribution in [0.4, 0.5) is 55.6 Å². The number of amides is 1. The predicted molar refractivity (Wildman–Crippen MR) is 273 cm³/mol. The van der Waals surface area contributed by atoms with E-state index in [9.17, 15) is 80.3 Å². The first-order valence-corrected chi connectivity index (χ1v) is 21.5. The summed E-state index contributed by atoms with van der Waals surface area (Å²) in [5, 5.41) is 89.2. The van der Waals surface area contributed by atoms with Crippen LogP contribution in [-0.4, -0.2) is 65.8 Å². The summed E-state index contributed by atoms with van der Waals surface area (Å²) in [6.07, 6.45) is 1.59. The number of rotatable bonds is 14. The number of nitrogens with zero attached hydrogens (tertiary/aromatic N) is 10. The standard InChI is InChI=1S/C15H11N4O4.C13H12N4O4.C13H10N4O3.C6H3FN2O4.Y/c20-9-16-8-10-1-3-11(4-2-10)15-17-13-6-5-12(19(22)23)7-14(13)18(15)21;14-10-3-1-9(2-4-10)8-15-12-6-5-11(16(18)19)7-13(12)17(20)21;14-9-3-1-8(2-4-9)13-15-11-6-5-10(17(19)20)7-12(11)16(13)18;7-5-2-1-4(8(10)11)3-6(5)9(12)13;/h1-7,21H,8H2,(H,16,20);1-7,15H,8,14H2;1-7,18H,14H2;1-3H;/q-1;;;;. The van der Waals surface area contributed by atoms with Crippen molar-refractivity contribution in [2.75, 3.05) is 16.8 Å². The van der Waals surface area contributed by atoms with E-state index in [1.807, 2.05) is 0 Å². The van der Waals surface area contributed by atoms with E-state index in [4.69, 9.17) is 11.5 Å². The van der Waals surface area contributed by atoms with E-state index in [1.165, 1.54) is 48.5 Å². The summed E-state index contributed by atoms with van der Waals surface area (Å²) in [4.78, 5) is 78.0. The van der Waals surface area contributed by atoms with Crippen LogP contribution in [0.15, 0.2) is 146 Å². The number of nitro groups is 6. The number of nitrogens with one attached hydrogen (secondary N) is 2. The molecule has 0 saturated carbocycles. The molecule has 0 aliphatic heterocycles. The smallest absolute Gasteiger partial charge is 0.311 e. The Labute approximate surface area is 459 Å². The summed E-state index contributed by atoms with van der Waals surface area (Å²) in [7, 11) is 0. The molecule has 395 valence electrons. The minimum Gasteiger partial charge on any atom is -0.526 e. The number of aromatic nitrogens is 4. The third-order valence-electron chi connectivity index (χ3n) is 10.6. The topological polar surface area (TPSA) is 428 Å². The minimum absolute atomic E-state index is 0. The summed E-state index contributed by atoms with van der Waals surface area (Å²) in [5.41, 5.74) is 14.9. The molecule has 7 aromatic carbocycles. The van der Waals surface area contributed by atoms with Gasteiger partial charge in [-0.3, -0.25) is 60.7 Å². The second kappa shape index (κ2) is 26.0. The number of imidazole rings is 2. The molecule has 2 aromatic heterocycles. The first kappa shape index (κ1) is 58.3. The zero-order valence-corrected chi connectivity index (χ0v) is 42.4. The van der Waals surface area contributed by atoms with Crippen molar-refractivity contribution in [3.63, 3.8) is 0 Å². The number of non-ortho nitro benzene ring substituents is 4.